The monoisotopic (exact) mass is 975 g/mol. The molecule has 11 aromatic carbocycles. The summed E-state index contributed by atoms with van der Waals surface area (Å²) in [6, 6.07) is 82.9. The van der Waals surface area contributed by atoms with Crippen molar-refractivity contribution in [3.05, 3.63) is 276 Å². The van der Waals surface area contributed by atoms with Crippen molar-refractivity contribution in [2.75, 3.05) is 4.90 Å². The SMILES string of the molecule is Cc1cccc2c1-c1cccc(-c3ccc(N(c4ccc(-c5ccccc5)cc4)c4ccc(-c5ccc6c(c5)C(C)(C)c5ccccc5-6)cc4)c4ccccc34)c1C21c2ccccc2-c2c(OC(F)(F)F)cccc21. The normalized spacial score (nSPS) is 15.2. The molecule has 1 atom stereocenters. The van der Waals surface area contributed by atoms with Gasteiger partial charge in [0.15, 0.2) is 0 Å². The van der Waals surface area contributed by atoms with Gasteiger partial charge in [0, 0.05) is 27.7 Å². The molecule has 0 aliphatic heterocycles. The van der Waals surface area contributed by atoms with E-state index in [0.29, 0.717) is 5.56 Å². The second-order valence-corrected chi connectivity index (χ2v) is 20.7. The van der Waals surface area contributed by atoms with Crippen LogP contribution in [0.15, 0.2) is 237 Å². The van der Waals surface area contributed by atoms with Crippen LogP contribution in [-0.2, 0) is 10.8 Å². The molecule has 2 nitrogen and oxygen atoms in total. The molecule has 0 saturated heterocycles. The molecule has 1 unspecified atom stereocenters. The molecule has 75 heavy (non-hydrogen) atoms. The van der Waals surface area contributed by atoms with Crippen LogP contribution in [-0.4, -0.2) is 6.36 Å². The lowest BCUT2D eigenvalue weighted by Crippen LogP contribution is -2.27. The number of hydrogen-bond acceptors (Lipinski definition) is 2. The van der Waals surface area contributed by atoms with Gasteiger partial charge in [-0.3, -0.25) is 0 Å². The predicted octanol–water partition coefficient (Wildman–Crippen LogP) is 19.2. The molecular weight excluding hydrogens is 928 g/mol. The molecule has 0 radical (unpaired) electrons. The van der Waals surface area contributed by atoms with Crippen molar-refractivity contribution in [1.29, 1.82) is 0 Å². The smallest absolute Gasteiger partial charge is 0.405 e. The minimum Gasteiger partial charge on any atom is -0.405 e. The zero-order valence-electron chi connectivity index (χ0n) is 41.5. The molecule has 0 N–H and O–H groups in total. The minimum absolute atomic E-state index is 0.109. The molecule has 0 fully saturated rings. The minimum atomic E-state index is -4.87. The van der Waals surface area contributed by atoms with Crippen molar-refractivity contribution < 1.29 is 17.9 Å². The second kappa shape index (κ2) is 16.5. The van der Waals surface area contributed by atoms with Gasteiger partial charge in [-0.25, -0.2) is 0 Å². The Morgan fingerprint density at radius 1 is 0.387 bits per heavy atom. The lowest BCUT2D eigenvalue weighted by molar-refractivity contribution is -0.274. The van der Waals surface area contributed by atoms with E-state index >= 15 is 0 Å². The van der Waals surface area contributed by atoms with Gasteiger partial charge in [0.05, 0.1) is 11.1 Å². The second-order valence-electron chi connectivity index (χ2n) is 20.7. The van der Waals surface area contributed by atoms with E-state index in [1.54, 1.807) is 6.07 Å². The third-order valence-corrected chi connectivity index (χ3v) is 16.3. The lowest BCUT2D eigenvalue weighted by Gasteiger charge is -2.33. The first-order valence-corrected chi connectivity index (χ1v) is 25.6. The fraction of sp³-hybridized carbons (Fsp3) is 0.0857. The molecule has 3 aliphatic rings. The number of fused-ring (bicyclic) bond motifs is 14. The van der Waals surface area contributed by atoms with Gasteiger partial charge >= 0.3 is 6.36 Å². The van der Waals surface area contributed by atoms with Crippen molar-refractivity contribution in [1.82, 2.24) is 0 Å². The van der Waals surface area contributed by atoms with E-state index in [4.69, 9.17) is 4.74 Å². The van der Waals surface area contributed by atoms with Crippen molar-refractivity contribution >= 4 is 27.8 Å². The fourth-order valence-electron chi connectivity index (χ4n) is 13.2. The van der Waals surface area contributed by atoms with Crippen molar-refractivity contribution in [2.24, 2.45) is 0 Å². The molecule has 0 amide bonds. The number of anilines is 3. The summed E-state index contributed by atoms with van der Waals surface area (Å²) in [5.74, 6) is -0.202. The van der Waals surface area contributed by atoms with Gasteiger partial charge in [-0.2, -0.15) is 0 Å². The van der Waals surface area contributed by atoms with Crippen LogP contribution in [0.2, 0.25) is 0 Å². The van der Waals surface area contributed by atoms with Crippen molar-refractivity contribution in [2.45, 2.75) is 38.0 Å². The maximum Gasteiger partial charge on any atom is 0.573 e. The molecular formula is C70H48F3NO. The van der Waals surface area contributed by atoms with Gasteiger partial charge in [-0.1, -0.05) is 208 Å². The van der Waals surface area contributed by atoms with E-state index in [9.17, 15) is 13.2 Å². The summed E-state index contributed by atoms with van der Waals surface area (Å²) in [4.78, 5) is 2.36. The highest BCUT2D eigenvalue weighted by molar-refractivity contribution is 6.09. The number of halogens is 3. The van der Waals surface area contributed by atoms with Crippen LogP contribution in [0, 0.1) is 6.92 Å². The quantitative estimate of drug-likeness (QED) is 0.158. The first-order chi connectivity index (χ1) is 36.5. The van der Waals surface area contributed by atoms with E-state index in [0.717, 1.165) is 100 Å². The summed E-state index contributed by atoms with van der Waals surface area (Å²) in [5.41, 5.74) is 22.2. The number of benzene rings is 11. The van der Waals surface area contributed by atoms with Crippen LogP contribution in [0.1, 0.15) is 52.8 Å². The summed E-state index contributed by atoms with van der Waals surface area (Å²) in [6.45, 7) is 6.77. The Morgan fingerprint density at radius 2 is 0.907 bits per heavy atom. The summed E-state index contributed by atoms with van der Waals surface area (Å²) in [7, 11) is 0. The average Bonchev–Trinajstić information content (AvgIpc) is 4.20. The Labute approximate surface area is 434 Å². The fourth-order valence-corrected chi connectivity index (χ4v) is 13.2. The Morgan fingerprint density at radius 3 is 1.64 bits per heavy atom. The van der Waals surface area contributed by atoms with Crippen LogP contribution in [0.25, 0.3) is 77.5 Å². The first-order valence-electron chi connectivity index (χ1n) is 25.6. The predicted molar refractivity (Wildman–Crippen MR) is 300 cm³/mol. The van der Waals surface area contributed by atoms with Crippen LogP contribution < -0.4 is 9.64 Å². The maximum atomic E-state index is 14.3. The van der Waals surface area contributed by atoms with Crippen molar-refractivity contribution in [3.8, 4) is 72.5 Å². The Bertz CT molecular complexity index is 4120. The Balaban J connectivity index is 0.951. The number of hydrogen-bond donors (Lipinski definition) is 0. The van der Waals surface area contributed by atoms with Gasteiger partial charge in [0.1, 0.15) is 5.75 Å². The van der Waals surface area contributed by atoms with Crippen LogP contribution in [0.4, 0.5) is 30.2 Å². The highest BCUT2D eigenvalue weighted by atomic mass is 19.4. The molecule has 14 rings (SSSR count). The molecule has 11 aromatic rings. The maximum absolute atomic E-state index is 14.3. The molecule has 0 aromatic heterocycles. The number of alkyl halides is 3. The summed E-state index contributed by atoms with van der Waals surface area (Å²) >= 11 is 0. The highest BCUT2D eigenvalue weighted by Crippen LogP contribution is 2.66. The molecule has 0 saturated carbocycles. The number of ether oxygens (including phenoxy) is 1. The van der Waals surface area contributed by atoms with Gasteiger partial charge < -0.3 is 9.64 Å². The number of rotatable bonds is 7. The molecule has 0 bridgehead atoms. The van der Waals surface area contributed by atoms with E-state index in [1.807, 2.05) is 30.3 Å². The van der Waals surface area contributed by atoms with Gasteiger partial charge in [0.2, 0.25) is 0 Å². The summed E-state index contributed by atoms with van der Waals surface area (Å²) < 4.78 is 47.7. The average molecular weight is 976 g/mol. The zero-order chi connectivity index (χ0) is 50.8. The molecule has 1 spiro atoms. The molecule has 3 aliphatic carbocycles. The standard InChI is InChI=1S/C70H48F3NO/c1-43-16-13-27-60-65(43)57-24-14-23-55(67(57)69(60)59-26-12-10-22-56(59)66-61(69)28-15-29-64(66)75-70(71,72)73)51-40-41-63(54-21-8-7-19-50(51)54)74(48-35-30-45(31-36-48)44-17-5-4-6-18-44)49-37-32-46(33-38-49)47-34-39-53-52-20-9-11-25-58(52)68(2,3)62(53)42-47/h4-42H,1-3H3. The third-order valence-electron chi connectivity index (χ3n) is 16.3. The Hall–Kier alpha value is -8.93. The van der Waals surface area contributed by atoms with Crippen LogP contribution in [0.3, 0.4) is 0 Å². The number of nitrogens with zero attached hydrogens (tertiary/aromatic N) is 1. The zero-order valence-corrected chi connectivity index (χ0v) is 41.5. The largest absolute Gasteiger partial charge is 0.573 e. The van der Waals surface area contributed by atoms with Crippen LogP contribution in [0.5, 0.6) is 5.75 Å². The molecule has 0 heterocycles. The van der Waals surface area contributed by atoms with Crippen LogP contribution >= 0.6 is 0 Å². The first kappa shape index (κ1) is 44.7. The van der Waals surface area contributed by atoms with E-state index < -0.39 is 11.8 Å². The summed E-state index contributed by atoms with van der Waals surface area (Å²) in [6.07, 6.45) is -4.87. The van der Waals surface area contributed by atoms with E-state index in [-0.39, 0.29) is 11.2 Å². The molecule has 360 valence electrons. The Kier molecular flexibility index (Phi) is 9.87. The van der Waals surface area contributed by atoms with Gasteiger partial charge in [-0.05, 0) is 155 Å². The topological polar surface area (TPSA) is 12.5 Å². The number of aryl methyl sites for hydroxylation is 1. The summed E-state index contributed by atoms with van der Waals surface area (Å²) in [5, 5.41) is 2.11. The third kappa shape index (κ3) is 6.66. The van der Waals surface area contributed by atoms with E-state index in [2.05, 4.69) is 220 Å². The van der Waals surface area contributed by atoms with Crippen molar-refractivity contribution in [3.63, 3.8) is 0 Å². The van der Waals surface area contributed by atoms with E-state index in [1.165, 1.54) is 33.9 Å². The van der Waals surface area contributed by atoms with Gasteiger partial charge in [-0.15, -0.1) is 13.2 Å². The molecule has 5 heteroatoms. The highest BCUT2D eigenvalue weighted by Gasteiger charge is 2.54. The van der Waals surface area contributed by atoms with Gasteiger partial charge in [0.25, 0.3) is 0 Å². The lowest BCUT2D eigenvalue weighted by atomic mass is 9.68.